The Hall–Kier alpha value is -2.02. The maximum absolute atomic E-state index is 4.11. The summed E-state index contributed by atoms with van der Waals surface area (Å²) in [5.41, 5.74) is 5.76. The number of hydrogen-bond donors (Lipinski definition) is 1. The molecule has 1 nitrogen and oxygen atoms in total. The first kappa shape index (κ1) is 12.4. The Kier molecular flexibility index (Phi) is 3.83. The molecule has 0 aliphatic carbocycles. The predicted molar refractivity (Wildman–Crippen MR) is 79.7 cm³/mol. The van der Waals surface area contributed by atoms with Gasteiger partial charge in [0.1, 0.15) is 0 Å². The van der Waals surface area contributed by atoms with Gasteiger partial charge < -0.3 is 5.32 Å². The lowest BCUT2D eigenvalue weighted by Gasteiger charge is -2.12. The molecule has 0 aliphatic heterocycles. The van der Waals surface area contributed by atoms with Crippen LogP contribution in [0.15, 0.2) is 55.1 Å². The Morgan fingerprint density at radius 1 is 1.06 bits per heavy atom. The van der Waals surface area contributed by atoms with Crippen LogP contribution < -0.4 is 5.32 Å². The van der Waals surface area contributed by atoms with Gasteiger partial charge in [-0.3, -0.25) is 0 Å². The number of nitrogens with one attached hydrogen (secondary N) is 1. The minimum Gasteiger partial charge on any atom is -0.355 e. The highest BCUT2D eigenvalue weighted by Crippen LogP contribution is 2.20. The number of benzene rings is 2. The van der Waals surface area contributed by atoms with Crippen molar-refractivity contribution in [2.45, 2.75) is 20.3 Å². The molecule has 0 aromatic heterocycles. The summed E-state index contributed by atoms with van der Waals surface area (Å²) in [5.74, 6) is 0. The van der Waals surface area contributed by atoms with E-state index in [0.717, 1.165) is 23.4 Å². The van der Waals surface area contributed by atoms with Crippen molar-refractivity contribution in [2.24, 2.45) is 0 Å². The summed E-state index contributed by atoms with van der Waals surface area (Å²) < 4.78 is 0. The van der Waals surface area contributed by atoms with E-state index in [1.165, 1.54) is 11.1 Å². The van der Waals surface area contributed by atoms with Gasteiger partial charge in [-0.2, -0.15) is 0 Å². The van der Waals surface area contributed by atoms with Crippen molar-refractivity contribution >= 4 is 11.4 Å². The second kappa shape index (κ2) is 5.54. The van der Waals surface area contributed by atoms with Crippen LogP contribution in [0.4, 0.5) is 5.69 Å². The van der Waals surface area contributed by atoms with E-state index in [4.69, 9.17) is 0 Å². The van der Waals surface area contributed by atoms with Crippen molar-refractivity contribution in [3.8, 4) is 0 Å². The fourth-order valence-corrected chi connectivity index (χ4v) is 1.89. The molecule has 0 fully saturated rings. The van der Waals surface area contributed by atoms with Crippen LogP contribution >= 0.6 is 0 Å². The van der Waals surface area contributed by atoms with Crippen molar-refractivity contribution in [3.63, 3.8) is 0 Å². The van der Waals surface area contributed by atoms with Crippen LogP contribution in [-0.4, -0.2) is 0 Å². The molecule has 2 aromatic carbocycles. The van der Waals surface area contributed by atoms with Crippen molar-refractivity contribution < 1.29 is 0 Å². The molecule has 0 radical (unpaired) electrons. The molecule has 0 amide bonds. The maximum atomic E-state index is 4.11. The lowest BCUT2D eigenvalue weighted by Crippen LogP contribution is -1.99. The summed E-state index contributed by atoms with van der Waals surface area (Å²) in [5, 5.41) is 3.37. The summed E-state index contributed by atoms with van der Waals surface area (Å²) in [7, 11) is 0. The number of anilines is 1. The summed E-state index contributed by atoms with van der Waals surface area (Å²) in [4.78, 5) is 0. The van der Waals surface area contributed by atoms with Crippen LogP contribution in [-0.2, 0) is 6.42 Å². The Morgan fingerprint density at radius 2 is 1.72 bits per heavy atom. The van der Waals surface area contributed by atoms with Crippen molar-refractivity contribution in [1.29, 1.82) is 0 Å². The lowest BCUT2D eigenvalue weighted by molar-refractivity contribution is 1.14. The van der Waals surface area contributed by atoms with E-state index >= 15 is 0 Å². The zero-order chi connectivity index (χ0) is 13.0. The van der Waals surface area contributed by atoms with Crippen LogP contribution in [0.2, 0.25) is 0 Å². The van der Waals surface area contributed by atoms with Gasteiger partial charge >= 0.3 is 0 Å². The quantitative estimate of drug-likeness (QED) is 0.816. The minimum atomic E-state index is 0.937. The molecule has 0 saturated carbocycles. The third-order valence-electron chi connectivity index (χ3n) is 3.14. The van der Waals surface area contributed by atoms with Gasteiger partial charge in [-0.05, 0) is 36.1 Å². The molecule has 0 unspecified atom stereocenters. The van der Waals surface area contributed by atoms with Gasteiger partial charge in [0.05, 0.1) is 0 Å². The SMILES string of the molecule is C=C(Nc1ccccc1C)c1ccc(CC)cc1. The molecule has 92 valence electrons. The largest absolute Gasteiger partial charge is 0.355 e. The molecule has 1 heteroatoms. The monoisotopic (exact) mass is 237 g/mol. The van der Waals surface area contributed by atoms with Gasteiger partial charge in [-0.1, -0.05) is 56.0 Å². The number of rotatable bonds is 4. The molecule has 2 rings (SSSR count). The highest BCUT2D eigenvalue weighted by atomic mass is 14.9. The van der Waals surface area contributed by atoms with Gasteiger partial charge in [0.15, 0.2) is 0 Å². The van der Waals surface area contributed by atoms with Crippen LogP contribution in [0.3, 0.4) is 0 Å². The van der Waals surface area contributed by atoms with E-state index in [9.17, 15) is 0 Å². The first-order valence-electron chi connectivity index (χ1n) is 6.31. The summed E-state index contributed by atoms with van der Waals surface area (Å²) >= 11 is 0. The van der Waals surface area contributed by atoms with Gasteiger partial charge in [-0.15, -0.1) is 0 Å². The Labute approximate surface area is 109 Å². The van der Waals surface area contributed by atoms with Gasteiger partial charge in [0.25, 0.3) is 0 Å². The van der Waals surface area contributed by atoms with Crippen LogP contribution in [0.5, 0.6) is 0 Å². The standard InChI is InChI=1S/C17H19N/c1-4-15-9-11-16(12-10-15)14(3)18-17-8-6-5-7-13(17)2/h5-12,18H,3-4H2,1-2H3. The van der Waals surface area contributed by atoms with Crippen LogP contribution in [0, 0.1) is 6.92 Å². The van der Waals surface area contributed by atoms with E-state index in [0.29, 0.717) is 0 Å². The fraction of sp³-hybridized carbons (Fsp3) is 0.176. The molecule has 18 heavy (non-hydrogen) atoms. The molecule has 2 aromatic rings. The van der Waals surface area contributed by atoms with E-state index < -0.39 is 0 Å². The first-order chi connectivity index (χ1) is 8.70. The summed E-state index contributed by atoms with van der Waals surface area (Å²) in [6.07, 6.45) is 1.07. The minimum absolute atomic E-state index is 0.937. The Balaban J connectivity index is 2.14. The molecule has 0 atom stereocenters. The average molecular weight is 237 g/mol. The average Bonchev–Trinajstić information content (AvgIpc) is 2.41. The summed E-state index contributed by atoms with van der Waals surface area (Å²) in [6, 6.07) is 16.8. The Bertz CT molecular complexity index is 538. The van der Waals surface area contributed by atoms with E-state index in [2.05, 4.69) is 62.1 Å². The van der Waals surface area contributed by atoms with Crippen molar-refractivity contribution in [1.82, 2.24) is 0 Å². The first-order valence-corrected chi connectivity index (χ1v) is 6.31. The van der Waals surface area contributed by atoms with Gasteiger partial charge in [-0.25, -0.2) is 0 Å². The highest BCUT2D eigenvalue weighted by molar-refractivity contribution is 5.76. The van der Waals surface area contributed by atoms with E-state index in [-0.39, 0.29) is 0 Å². The number of hydrogen-bond acceptors (Lipinski definition) is 1. The second-order valence-corrected chi connectivity index (χ2v) is 4.47. The Morgan fingerprint density at radius 3 is 2.33 bits per heavy atom. The fourth-order valence-electron chi connectivity index (χ4n) is 1.89. The zero-order valence-electron chi connectivity index (χ0n) is 11.0. The van der Waals surface area contributed by atoms with Gasteiger partial charge in [0, 0.05) is 11.4 Å². The molecule has 0 aliphatic rings. The second-order valence-electron chi connectivity index (χ2n) is 4.47. The molecule has 1 N–H and O–H groups in total. The van der Waals surface area contributed by atoms with Gasteiger partial charge in [0.2, 0.25) is 0 Å². The molecular weight excluding hydrogens is 218 g/mol. The molecular formula is C17H19N. The van der Waals surface area contributed by atoms with E-state index in [1.54, 1.807) is 0 Å². The topological polar surface area (TPSA) is 12.0 Å². The molecule has 0 heterocycles. The van der Waals surface area contributed by atoms with E-state index in [1.807, 2.05) is 12.1 Å². The normalized spacial score (nSPS) is 10.1. The number of aryl methyl sites for hydroxylation is 2. The molecule has 0 spiro atoms. The third kappa shape index (κ3) is 2.80. The maximum Gasteiger partial charge on any atom is 0.0413 e. The molecule has 0 bridgehead atoms. The van der Waals surface area contributed by atoms with Crippen LogP contribution in [0.1, 0.15) is 23.6 Å². The predicted octanol–water partition coefficient (Wildman–Crippen LogP) is 4.64. The van der Waals surface area contributed by atoms with Crippen molar-refractivity contribution in [3.05, 3.63) is 71.8 Å². The lowest BCUT2D eigenvalue weighted by atomic mass is 10.1. The zero-order valence-corrected chi connectivity index (χ0v) is 11.0. The summed E-state index contributed by atoms with van der Waals surface area (Å²) in [6.45, 7) is 8.36. The number of para-hydroxylation sites is 1. The van der Waals surface area contributed by atoms with Crippen molar-refractivity contribution in [2.75, 3.05) is 5.32 Å². The third-order valence-corrected chi connectivity index (χ3v) is 3.14. The smallest absolute Gasteiger partial charge is 0.0413 e. The van der Waals surface area contributed by atoms with Crippen LogP contribution in [0.25, 0.3) is 5.70 Å². The molecule has 0 saturated heterocycles. The highest BCUT2D eigenvalue weighted by Gasteiger charge is 2.01.